The Labute approximate surface area is 133 Å². The van der Waals surface area contributed by atoms with Crippen LogP contribution in [-0.2, 0) is 14.9 Å². The first-order valence-electron chi connectivity index (χ1n) is 6.17. The molecule has 1 aromatic carbocycles. The number of benzene rings is 1. The van der Waals surface area contributed by atoms with Gasteiger partial charge in [0.2, 0.25) is 5.78 Å². The summed E-state index contributed by atoms with van der Waals surface area (Å²) in [6.45, 7) is 3.63. The molecule has 1 aliphatic carbocycles. The van der Waals surface area contributed by atoms with E-state index in [2.05, 4.69) is 5.16 Å². The van der Waals surface area contributed by atoms with Gasteiger partial charge < -0.3 is 9.94 Å². The number of halogens is 2. The first-order valence-corrected chi connectivity index (χ1v) is 6.54. The zero-order chi connectivity index (χ0) is 14.9. The van der Waals surface area contributed by atoms with Gasteiger partial charge >= 0.3 is 5.97 Å². The number of oxime groups is 1. The van der Waals surface area contributed by atoms with E-state index in [1.54, 1.807) is 26.0 Å². The number of ketones is 1. The quantitative estimate of drug-likeness (QED) is 0.524. The number of esters is 1. The lowest BCUT2D eigenvalue weighted by atomic mass is 9.79. The molecule has 0 heterocycles. The monoisotopic (exact) mass is 331 g/mol. The summed E-state index contributed by atoms with van der Waals surface area (Å²) < 4.78 is 4.92. The third kappa shape index (κ3) is 2.89. The zero-order valence-corrected chi connectivity index (χ0v) is 13.1. The first-order chi connectivity index (χ1) is 9.43. The molecule has 0 saturated heterocycles. The average molecular weight is 332 g/mol. The second-order valence-electron chi connectivity index (χ2n) is 4.78. The van der Waals surface area contributed by atoms with Gasteiger partial charge in [0, 0.05) is 10.6 Å². The zero-order valence-electron chi connectivity index (χ0n) is 11.6. The molecular weight excluding hydrogens is 317 g/mol. The standard InChI is InChI=1S/C14H14ClNO4.ClH/c1-3-20-11(17)7-14(2)10-5-4-8(15)6-9(10)12(18)13(14)16-19;/h4-6,19H,3,7H2,1-2H3;1H. The Balaban J connectivity index is 0.00000220. The molecule has 0 aromatic heterocycles. The van der Waals surface area contributed by atoms with Crippen molar-refractivity contribution < 1.29 is 19.5 Å². The van der Waals surface area contributed by atoms with E-state index < -0.39 is 17.2 Å². The van der Waals surface area contributed by atoms with Crippen LogP contribution in [0, 0.1) is 0 Å². The maximum Gasteiger partial charge on any atom is 0.307 e. The van der Waals surface area contributed by atoms with Crippen molar-refractivity contribution in [3.63, 3.8) is 0 Å². The molecule has 7 heteroatoms. The fourth-order valence-electron chi connectivity index (χ4n) is 2.53. The number of fused-ring (bicyclic) bond motifs is 1. The van der Waals surface area contributed by atoms with Gasteiger partial charge in [0.1, 0.15) is 5.71 Å². The predicted octanol–water partition coefficient (Wildman–Crippen LogP) is 3.00. The van der Waals surface area contributed by atoms with Crippen molar-refractivity contribution in [2.24, 2.45) is 5.16 Å². The number of nitrogens with zero attached hydrogens (tertiary/aromatic N) is 1. The van der Waals surface area contributed by atoms with E-state index >= 15 is 0 Å². The molecule has 5 nitrogen and oxygen atoms in total. The molecule has 0 spiro atoms. The molecule has 1 unspecified atom stereocenters. The lowest BCUT2D eigenvalue weighted by molar-refractivity contribution is -0.143. The highest BCUT2D eigenvalue weighted by Crippen LogP contribution is 2.40. The summed E-state index contributed by atoms with van der Waals surface area (Å²) >= 11 is 5.88. The van der Waals surface area contributed by atoms with Crippen LogP contribution in [0.2, 0.25) is 5.02 Å². The Hall–Kier alpha value is -1.59. The van der Waals surface area contributed by atoms with Crippen molar-refractivity contribution >= 4 is 41.5 Å². The summed E-state index contributed by atoms with van der Waals surface area (Å²) in [6.07, 6.45) is -0.0688. The largest absolute Gasteiger partial charge is 0.466 e. The molecule has 1 aromatic rings. The van der Waals surface area contributed by atoms with Crippen LogP contribution in [0.25, 0.3) is 0 Å². The van der Waals surface area contributed by atoms with Crippen molar-refractivity contribution in [1.29, 1.82) is 0 Å². The predicted molar refractivity (Wildman–Crippen MR) is 80.9 cm³/mol. The highest BCUT2D eigenvalue weighted by molar-refractivity contribution is 6.52. The summed E-state index contributed by atoms with van der Waals surface area (Å²) in [7, 11) is 0. The molecule has 0 amide bonds. The Morgan fingerprint density at radius 1 is 1.48 bits per heavy atom. The van der Waals surface area contributed by atoms with Crippen molar-refractivity contribution in [3.05, 3.63) is 34.3 Å². The van der Waals surface area contributed by atoms with Crippen LogP contribution in [0.1, 0.15) is 36.2 Å². The number of Topliss-reactive ketones (excluding diaryl/α,β-unsaturated/α-hetero) is 1. The van der Waals surface area contributed by atoms with Gasteiger partial charge in [-0.05, 0) is 31.5 Å². The molecule has 0 radical (unpaired) electrons. The van der Waals surface area contributed by atoms with Gasteiger partial charge in [0.15, 0.2) is 0 Å². The second-order valence-corrected chi connectivity index (χ2v) is 5.22. The Morgan fingerprint density at radius 3 is 2.71 bits per heavy atom. The van der Waals surface area contributed by atoms with E-state index in [0.29, 0.717) is 16.1 Å². The fraction of sp³-hybridized carbons (Fsp3) is 0.357. The van der Waals surface area contributed by atoms with Crippen molar-refractivity contribution in [1.82, 2.24) is 0 Å². The molecule has 1 aliphatic rings. The maximum atomic E-state index is 12.2. The van der Waals surface area contributed by atoms with Crippen LogP contribution in [0.3, 0.4) is 0 Å². The normalized spacial score (nSPS) is 21.9. The molecule has 114 valence electrons. The van der Waals surface area contributed by atoms with E-state index in [1.165, 1.54) is 6.07 Å². The Kier molecular flexibility index (Phi) is 5.36. The van der Waals surface area contributed by atoms with E-state index in [0.717, 1.165) is 0 Å². The molecule has 0 fully saturated rings. The SMILES string of the molecule is CCOC(=O)CC1(C)C(=NO)C(=O)c2cc(Cl)ccc21.Cl. The molecular formula is C14H15Cl2NO4. The molecule has 0 aliphatic heterocycles. The molecule has 0 bridgehead atoms. The van der Waals surface area contributed by atoms with E-state index in [4.69, 9.17) is 21.5 Å². The average Bonchev–Trinajstić information content (AvgIpc) is 2.57. The minimum absolute atomic E-state index is 0. The minimum atomic E-state index is -1.00. The molecule has 21 heavy (non-hydrogen) atoms. The molecule has 2 rings (SSSR count). The number of carbonyl (C=O) groups is 2. The van der Waals surface area contributed by atoms with Gasteiger partial charge in [-0.1, -0.05) is 22.8 Å². The third-order valence-corrected chi connectivity index (χ3v) is 3.70. The maximum absolute atomic E-state index is 12.2. The van der Waals surface area contributed by atoms with Crippen LogP contribution in [-0.4, -0.2) is 29.3 Å². The van der Waals surface area contributed by atoms with E-state index in [1.807, 2.05) is 0 Å². The number of hydrogen-bond donors (Lipinski definition) is 1. The third-order valence-electron chi connectivity index (χ3n) is 3.46. The topological polar surface area (TPSA) is 76.0 Å². The Bertz CT molecular complexity index is 615. The van der Waals surface area contributed by atoms with Gasteiger partial charge in [-0.3, -0.25) is 9.59 Å². The Morgan fingerprint density at radius 2 is 2.14 bits per heavy atom. The van der Waals surface area contributed by atoms with Gasteiger partial charge in [-0.15, -0.1) is 12.4 Å². The number of hydrogen-bond acceptors (Lipinski definition) is 5. The van der Waals surface area contributed by atoms with Crippen molar-refractivity contribution in [2.75, 3.05) is 6.61 Å². The van der Waals surface area contributed by atoms with Crippen LogP contribution >= 0.6 is 24.0 Å². The number of rotatable bonds is 3. The van der Waals surface area contributed by atoms with Crippen LogP contribution < -0.4 is 0 Å². The summed E-state index contributed by atoms with van der Waals surface area (Å²) in [5, 5.41) is 12.6. The fourth-order valence-corrected chi connectivity index (χ4v) is 2.70. The second kappa shape index (κ2) is 6.45. The highest BCUT2D eigenvalue weighted by Gasteiger charge is 2.48. The smallest absolute Gasteiger partial charge is 0.307 e. The molecule has 1 N–H and O–H groups in total. The lowest BCUT2D eigenvalue weighted by Gasteiger charge is -2.23. The summed E-state index contributed by atoms with van der Waals surface area (Å²) in [6, 6.07) is 4.82. The summed E-state index contributed by atoms with van der Waals surface area (Å²) in [5.74, 6) is -0.872. The summed E-state index contributed by atoms with van der Waals surface area (Å²) in [4.78, 5) is 24.0. The lowest BCUT2D eigenvalue weighted by Crippen LogP contribution is -2.34. The molecule has 0 saturated carbocycles. The number of ether oxygens (including phenoxy) is 1. The van der Waals surface area contributed by atoms with Gasteiger partial charge in [-0.2, -0.15) is 0 Å². The van der Waals surface area contributed by atoms with Crippen LogP contribution in [0.4, 0.5) is 0 Å². The van der Waals surface area contributed by atoms with Crippen LogP contribution in [0.15, 0.2) is 23.4 Å². The van der Waals surface area contributed by atoms with Gasteiger partial charge in [0.25, 0.3) is 0 Å². The van der Waals surface area contributed by atoms with Gasteiger partial charge in [0.05, 0.1) is 18.4 Å². The van der Waals surface area contributed by atoms with Gasteiger partial charge in [-0.25, -0.2) is 0 Å². The highest BCUT2D eigenvalue weighted by atomic mass is 35.5. The van der Waals surface area contributed by atoms with E-state index in [9.17, 15) is 9.59 Å². The number of carbonyl (C=O) groups excluding carboxylic acids is 2. The van der Waals surface area contributed by atoms with Crippen LogP contribution in [0.5, 0.6) is 0 Å². The minimum Gasteiger partial charge on any atom is -0.466 e. The first kappa shape index (κ1) is 17.5. The van der Waals surface area contributed by atoms with E-state index in [-0.39, 0.29) is 31.1 Å². The summed E-state index contributed by atoms with van der Waals surface area (Å²) in [5.41, 5.74) is -0.0921. The van der Waals surface area contributed by atoms with Crippen molar-refractivity contribution in [3.8, 4) is 0 Å². The van der Waals surface area contributed by atoms with Crippen molar-refractivity contribution in [2.45, 2.75) is 25.7 Å². The molecule has 1 atom stereocenters.